The standard InChI is InChI=1S/C23H23ClN4O4S/c24-19-6-7-20-18(21(19)29)12-17(13-25)22(26-20)28-10-8-16(9-11-28)23(30)27-33(31,32)14-15-4-2-1-3-5-15/h1-5,12,16,19H,6-11,14H2,(H,27,30). The van der Waals surface area contributed by atoms with E-state index in [1.54, 1.807) is 36.4 Å². The number of benzene rings is 1. The Balaban J connectivity index is 1.41. The van der Waals surface area contributed by atoms with E-state index in [1.165, 1.54) is 0 Å². The van der Waals surface area contributed by atoms with Crippen molar-refractivity contribution in [3.63, 3.8) is 0 Å². The van der Waals surface area contributed by atoms with Crippen molar-refractivity contribution in [3.8, 4) is 6.07 Å². The average Bonchev–Trinajstić information content (AvgIpc) is 2.81. The van der Waals surface area contributed by atoms with Crippen LogP contribution in [0.5, 0.6) is 0 Å². The zero-order valence-corrected chi connectivity index (χ0v) is 19.4. The molecule has 1 saturated heterocycles. The summed E-state index contributed by atoms with van der Waals surface area (Å²) in [4.78, 5) is 31.4. The van der Waals surface area contributed by atoms with Gasteiger partial charge in [-0.1, -0.05) is 30.3 Å². The molecule has 1 aliphatic heterocycles. The number of hydrogen-bond donors (Lipinski definition) is 1. The highest BCUT2D eigenvalue weighted by Gasteiger charge is 2.32. The van der Waals surface area contributed by atoms with Crippen molar-refractivity contribution in [1.29, 1.82) is 5.26 Å². The van der Waals surface area contributed by atoms with Gasteiger partial charge in [0.2, 0.25) is 15.9 Å². The monoisotopic (exact) mass is 486 g/mol. The lowest BCUT2D eigenvalue weighted by Gasteiger charge is -2.33. The van der Waals surface area contributed by atoms with Crippen molar-refractivity contribution < 1.29 is 18.0 Å². The van der Waals surface area contributed by atoms with Crippen LogP contribution in [-0.4, -0.2) is 43.6 Å². The lowest BCUT2D eigenvalue weighted by molar-refractivity contribution is -0.123. The maximum atomic E-state index is 12.6. The predicted octanol–water partition coefficient (Wildman–Crippen LogP) is 2.55. The smallest absolute Gasteiger partial charge is 0.239 e. The van der Waals surface area contributed by atoms with E-state index < -0.39 is 27.2 Å². The molecule has 1 unspecified atom stereocenters. The second kappa shape index (κ2) is 9.49. The summed E-state index contributed by atoms with van der Waals surface area (Å²) in [5.74, 6) is -0.935. The molecular weight excluding hydrogens is 464 g/mol. The number of amides is 1. The summed E-state index contributed by atoms with van der Waals surface area (Å²) in [6.45, 7) is 0.896. The first-order valence-electron chi connectivity index (χ1n) is 10.7. The van der Waals surface area contributed by atoms with Crippen molar-refractivity contribution >= 4 is 39.1 Å². The fraction of sp³-hybridized carbons (Fsp3) is 0.391. The second-order valence-corrected chi connectivity index (χ2v) is 10.6. The third-order valence-corrected chi connectivity index (χ3v) is 7.65. The van der Waals surface area contributed by atoms with Crippen LogP contribution in [0.15, 0.2) is 36.4 Å². The summed E-state index contributed by atoms with van der Waals surface area (Å²) in [7, 11) is -3.79. The van der Waals surface area contributed by atoms with Crippen LogP contribution in [0.3, 0.4) is 0 Å². The Hall–Kier alpha value is -2.96. The van der Waals surface area contributed by atoms with Gasteiger partial charge in [0, 0.05) is 24.6 Å². The van der Waals surface area contributed by atoms with Gasteiger partial charge in [0.05, 0.1) is 22.4 Å². The van der Waals surface area contributed by atoms with Crippen LogP contribution in [0.1, 0.15) is 46.4 Å². The van der Waals surface area contributed by atoms with Crippen molar-refractivity contribution in [2.45, 2.75) is 36.8 Å². The normalized spacial score (nSPS) is 19.0. The molecule has 33 heavy (non-hydrogen) atoms. The Morgan fingerprint density at radius 2 is 1.91 bits per heavy atom. The topological polar surface area (TPSA) is 120 Å². The number of pyridine rings is 1. The van der Waals surface area contributed by atoms with Crippen molar-refractivity contribution in [3.05, 3.63) is 58.8 Å². The molecule has 8 nitrogen and oxygen atoms in total. The molecule has 2 aromatic rings. The van der Waals surface area contributed by atoms with Crippen molar-refractivity contribution in [2.75, 3.05) is 18.0 Å². The number of ketones is 1. The zero-order valence-electron chi connectivity index (χ0n) is 17.8. The third-order valence-electron chi connectivity index (χ3n) is 6.01. The van der Waals surface area contributed by atoms with E-state index in [9.17, 15) is 23.3 Å². The molecule has 0 saturated carbocycles. The van der Waals surface area contributed by atoms with Gasteiger partial charge in [0.1, 0.15) is 11.9 Å². The van der Waals surface area contributed by atoms with E-state index in [-0.39, 0.29) is 11.5 Å². The molecule has 1 aromatic carbocycles. The van der Waals surface area contributed by atoms with E-state index in [1.807, 2.05) is 4.90 Å². The van der Waals surface area contributed by atoms with Gasteiger partial charge in [-0.05, 0) is 37.3 Å². The van der Waals surface area contributed by atoms with Crippen LogP contribution in [0.2, 0.25) is 0 Å². The number of carbonyl (C=O) groups is 2. The summed E-state index contributed by atoms with van der Waals surface area (Å²) in [6, 6.07) is 12.3. The van der Waals surface area contributed by atoms with E-state index in [0.717, 1.165) is 0 Å². The molecule has 1 atom stereocenters. The highest BCUT2D eigenvalue weighted by Crippen LogP contribution is 2.30. The Labute approximate surface area is 197 Å². The maximum Gasteiger partial charge on any atom is 0.239 e. The van der Waals surface area contributed by atoms with Gasteiger partial charge in [0.25, 0.3) is 0 Å². The summed E-state index contributed by atoms with van der Waals surface area (Å²) < 4.78 is 27.0. The Kier molecular flexibility index (Phi) is 6.68. The molecule has 1 aromatic heterocycles. The Morgan fingerprint density at radius 1 is 1.21 bits per heavy atom. The number of fused-ring (bicyclic) bond motifs is 1. The highest BCUT2D eigenvalue weighted by atomic mass is 35.5. The molecule has 1 fully saturated rings. The number of piperidine rings is 1. The summed E-state index contributed by atoms with van der Waals surface area (Å²) in [6.07, 6.45) is 1.93. The average molecular weight is 487 g/mol. The van der Waals surface area contributed by atoms with Crippen LogP contribution in [0.25, 0.3) is 0 Å². The molecular formula is C23H23ClN4O4S. The number of nitrogens with one attached hydrogen (secondary N) is 1. The first-order valence-corrected chi connectivity index (χ1v) is 12.8. The number of carbonyl (C=O) groups excluding carboxylic acids is 2. The Morgan fingerprint density at radius 3 is 2.58 bits per heavy atom. The van der Waals surface area contributed by atoms with Crippen LogP contribution in [0.4, 0.5) is 5.82 Å². The fourth-order valence-corrected chi connectivity index (χ4v) is 5.65. The molecule has 0 bridgehead atoms. The van der Waals surface area contributed by atoms with Gasteiger partial charge >= 0.3 is 0 Å². The van der Waals surface area contributed by atoms with Crippen LogP contribution in [0, 0.1) is 17.2 Å². The van der Waals surface area contributed by atoms with Crippen molar-refractivity contribution in [1.82, 2.24) is 9.71 Å². The second-order valence-electron chi connectivity index (χ2n) is 8.31. The molecule has 4 rings (SSSR count). The number of aromatic nitrogens is 1. The number of nitrogens with zero attached hydrogens (tertiary/aromatic N) is 3. The minimum atomic E-state index is -3.79. The van der Waals surface area contributed by atoms with E-state index in [0.29, 0.717) is 67.0 Å². The minimum Gasteiger partial charge on any atom is -0.355 e. The first kappa shape index (κ1) is 23.2. The molecule has 2 aliphatic rings. The molecule has 1 amide bonds. The predicted molar refractivity (Wildman–Crippen MR) is 123 cm³/mol. The summed E-state index contributed by atoms with van der Waals surface area (Å²) in [5.41, 5.74) is 1.94. The lowest BCUT2D eigenvalue weighted by Crippen LogP contribution is -2.43. The van der Waals surface area contributed by atoms with Gasteiger partial charge < -0.3 is 4.90 Å². The number of rotatable bonds is 5. The van der Waals surface area contributed by atoms with Gasteiger partial charge in [-0.15, -0.1) is 11.6 Å². The number of hydrogen-bond acceptors (Lipinski definition) is 7. The Bertz CT molecular complexity index is 1220. The molecule has 1 N–H and O–H groups in total. The number of Topliss-reactive ketones (excluding diaryl/α,β-unsaturated/α-hetero) is 1. The number of aryl methyl sites for hydroxylation is 1. The van der Waals surface area contributed by atoms with Gasteiger partial charge in [-0.2, -0.15) is 5.26 Å². The van der Waals surface area contributed by atoms with Gasteiger partial charge in [-0.25, -0.2) is 13.4 Å². The van der Waals surface area contributed by atoms with Crippen LogP contribution in [-0.2, 0) is 27.0 Å². The highest BCUT2D eigenvalue weighted by molar-refractivity contribution is 7.89. The third kappa shape index (κ3) is 5.18. The fourth-order valence-electron chi connectivity index (χ4n) is 4.25. The van der Waals surface area contributed by atoms with E-state index in [2.05, 4.69) is 15.8 Å². The number of halogens is 1. The molecule has 172 valence electrons. The largest absolute Gasteiger partial charge is 0.355 e. The maximum absolute atomic E-state index is 12.6. The molecule has 10 heteroatoms. The van der Waals surface area contributed by atoms with Gasteiger partial charge in [0.15, 0.2) is 5.78 Å². The number of sulfonamides is 1. The number of anilines is 1. The molecule has 1 aliphatic carbocycles. The van der Waals surface area contributed by atoms with Crippen molar-refractivity contribution in [2.24, 2.45) is 5.92 Å². The van der Waals surface area contributed by atoms with E-state index >= 15 is 0 Å². The van der Waals surface area contributed by atoms with Gasteiger partial charge in [-0.3, -0.25) is 14.3 Å². The summed E-state index contributed by atoms with van der Waals surface area (Å²) in [5, 5.41) is 9.01. The number of nitriles is 1. The zero-order chi connectivity index (χ0) is 23.6. The lowest BCUT2D eigenvalue weighted by atomic mass is 9.92. The van der Waals surface area contributed by atoms with E-state index in [4.69, 9.17) is 11.6 Å². The first-order chi connectivity index (χ1) is 15.8. The van der Waals surface area contributed by atoms with Crippen LogP contribution >= 0.6 is 11.6 Å². The summed E-state index contributed by atoms with van der Waals surface area (Å²) >= 11 is 6.06. The SMILES string of the molecule is N#Cc1cc2c(nc1N1CCC(C(=O)NS(=O)(=O)Cc3ccccc3)CC1)CCC(Cl)C2=O. The van der Waals surface area contributed by atoms with Crippen LogP contribution < -0.4 is 9.62 Å². The number of alkyl halides is 1. The molecule has 0 radical (unpaired) electrons. The quantitative estimate of drug-likeness (QED) is 0.644. The molecule has 0 spiro atoms. The minimum absolute atomic E-state index is 0.208. The molecule has 2 heterocycles.